The van der Waals surface area contributed by atoms with E-state index in [0.717, 1.165) is 0 Å². The maximum Gasteiger partial charge on any atom is 0 e. The highest BCUT2D eigenvalue weighted by Gasteiger charge is 0.00000401. The molecular formula is I4Si-4. The van der Waals surface area contributed by atoms with E-state index < -0.39 is 0 Å². The maximum atomic E-state index is 0. The summed E-state index contributed by atoms with van der Waals surface area (Å²) >= 11 is 0. The molecule has 0 aromatic rings. The predicted molar refractivity (Wildman–Crippen MR) is 5.75 cm³/mol. The Morgan fingerprint density at radius 3 is 0.400 bits per heavy atom. The van der Waals surface area contributed by atoms with Crippen molar-refractivity contribution in [3.63, 3.8) is 0 Å². The van der Waals surface area contributed by atoms with Crippen LogP contribution in [0.3, 0.4) is 0 Å². The van der Waals surface area contributed by atoms with Crippen LogP contribution in [0.25, 0.3) is 0 Å². The number of hydrogen-bond acceptors (Lipinski definition) is 0. The van der Waals surface area contributed by atoms with Crippen LogP contribution in [0.15, 0.2) is 0 Å². The van der Waals surface area contributed by atoms with Crippen molar-refractivity contribution in [1.82, 2.24) is 0 Å². The van der Waals surface area contributed by atoms with E-state index in [1.807, 2.05) is 0 Å². The highest BCUT2D eigenvalue weighted by molar-refractivity contribution is 5.75. The molecule has 0 atom stereocenters. The van der Waals surface area contributed by atoms with Gasteiger partial charge in [-0.15, -0.1) is 0 Å². The van der Waals surface area contributed by atoms with Crippen molar-refractivity contribution < 1.29 is 95.9 Å². The van der Waals surface area contributed by atoms with Gasteiger partial charge in [-0.25, -0.2) is 0 Å². The van der Waals surface area contributed by atoms with Gasteiger partial charge >= 0.3 is 0 Å². The van der Waals surface area contributed by atoms with Crippen LogP contribution >= 0.6 is 0 Å². The van der Waals surface area contributed by atoms with Crippen LogP contribution in [0.5, 0.6) is 0 Å². The molecule has 0 rings (SSSR count). The van der Waals surface area contributed by atoms with Crippen molar-refractivity contribution in [2.75, 3.05) is 0 Å². The zero-order chi connectivity index (χ0) is 0. The topological polar surface area (TPSA) is 0 Å². The Balaban J connectivity index is 0. The Morgan fingerprint density at radius 2 is 0.400 bits per heavy atom. The highest BCUT2D eigenvalue weighted by Crippen LogP contribution is -0.381. The fourth-order valence-electron chi connectivity index (χ4n) is 0. The van der Waals surface area contributed by atoms with Crippen LogP contribution in [0.1, 0.15) is 0 Å². The molecule has 4 radical (unpaired) electrons. The summed E-state index contributed by atoms with van der Waals surface area (Å²) in [7, 11) is 0. The van der Waals surface area contributed by atoms with Crippen LogP contribution in [0.4, 0.5) is 0 Å². The zero-order valence-corrected chi connectivity index (χ0v) is 11.6. The molecular weight excluding hydrogens is 536 g/mol. The Hall–Kier alpha value is 3.14. The van der Waals surface area contributed by atoms with E-state index in [1.54, 1.807) is 0 Å². The number of hydrogen-bond donors (Lipinski definition) is 0. The molecule has 0 nitrogen and oxygen atoms in total. The molecule has 0 aliphatic carbocycles. The Kier molecular flexibility index (Phi) is 230. The summed E-state index contributed by atoms with van der Waals surface area (Å²) in [6.45, 7) is 0. The fourth-order valence-corrected chi connectivity index (χ4v) is 0. The summed E-state index contributed by atoms with van der Waals surface area (Å²) < 4.78 is 0. The standard InChI is InChI=1S/4HI.Si/h4*1H;/p-4. The molecule has 0 spiro atoms. The van der Waals surface area contributed by atoms with Gasteiger partial charge in [0.05, 0.1) is 0 Å². The predicted octanol–water partition coefficient (Wildman–Crippen LogP) is -12.4. The lowest BCUT2D eigenvalue weighted by Crippen LogP contribution is -3.00. The second kappa shape index (κ2) is 27.3. The monoisotopic (exact) mass is 536 g/mol. The summed E-state index contributed by atoms with van der Waals surface area (Å²) in [5.41, 5.74) is 0. The van der Waals surface area contributed by atoms with E-state index in [4.69, 9.17) is 0 Å². The van der Waals surface area contributed by atoms with Gasteiger partial charge in [-0.1, -0.05) is 0 Å². The minimum absolute atomic E-state index is 0. The van der Waals surface area contributed by atoms with Crippen molar-refractivity contribution >= 4 is 11.0 Å². The molecule has 0 bridgehead atoms. The molecule has 0 N–H and O–H groups in total. The Morgan fingerprint density at radius 1 is 0.400 bits per heavy atom. The van der Waals surface area contributed by atoms with Gasteiger partial charge in [-0.2, -0.15) is 0 Å². The lowest BCUT2D eigenvalue weighted by molar-refractivity contribution is -0.00100. The molecule has 0 saturated heterocycles. The SMILES string of the molecule is [I-].[I-].[I-].[I-].[Si]. The van der Waals surface area contributed by atoms with Crippen LogP contribution < -0.4 is 95.9 Å². The molecule has 0 amide bonds. The lowest BCUT2D eigenvalue weighted by atomic mass is 28.1. The first-order chi connectivity index (χ1) is 0. The lowest BCUT2D eigenvalue weighted by Gasteiger charge is -1.00. The molecule has 0 heterocycles. The first kappa shape index (κ1) is 42.1. The van der Waals surface area contributed by atoms with E-state index >= 15 is 0 Å². The molecule has 0 aliphatic rings. The maximum absolute atomic E-state index is 0. The van der Waals surface area contributed by atoms with Gasteiger partial charge in [0.25, 0.3) is 0 Å². The largest absolute Gasteiger partial charge is 1.00 e. The molecule has 36 valence electrons. The van der Waals surface area contributed by atoms with Crippen molar-refractivity contribution in [1.29, 1.82) is 0 Å². The summed E-state index contributed by atoms with van der Waals surface area (Å²) in [5.74, 6) is 0. The molecule has 0 unspecified atom stereocenters. The Labute approximate surface area is 105 Å². The van der Waals surface area contributed by atoms with Gasteiger partial charge in [0.15, 0.2) is 0 Å². The van der Waals surface area contributed by atoms with E-state index in [2.05, 4.69) is 0 Å². The third-order valence-corrected chi connectivity index (χ3v) is 0. The zero-order valence-electron chi connectivity index (χ0n) is 2.01. The van der Waals surface area contributed by atoms with Crippen molar-refractivity contribution in [2.24, 2.45) is 0 Å². The van der Waals surface area contributed by atoms with E-state index in [0.29, 0.717) is 0 Å². The normalized spacial score (nSPS) is 0. The molecule has 0 fully saturated rings. The summed E-state index contributed by atoms with van der Waals surface area (Å²) in [5, 5.41) is 0. The minimum Gasteiger partial charge on any atom is -1.00 e. The van der Waals surface area contributed by atoms with Crippen LogP contribution in [-0.2, 0) is 0 Å². The van der Waals surface area contributed by atoms with Crippen molar-refractivity contribution in [3.05, 3.63) is 0 Å². The first-order valence-electron chi connectivity index (χ1n) is 0. The van der Waals surface area contributed by atoms with Gasteiger partial charge in [-0.3, -0.25) is 0 Å². The second-order valence-electron chi connectivity index (χ2n) is 0. The Bertz CT molecular complexity index is 3.61. The molecule has 0 aromatic heterocycles. The molecule has 5 heteroatoms. The third-order valence-electron chi connectivity index (χ3n) is 0. The first-order valence-corrected chi connectivity index (χ1v) is 0. The smallest absolute Gasteiger partial charge is 0 e. The van der Waals surface area contributed by atoms with Gasteiger partial charge in [0.1, 0.15) is 0 Å². The van der Waals surface area contributed by atoms with E-state index in [9.17, 15) is 0 Å². The van der Waals surface area contributed by atoms with Gasteiger partial charge in [0.2, 0.25) is 0 Å². The number of rotatable bonds is 0. The summed E-state index contributed by atoms with van der Waals surface area (Å²) in [6, 6.07) is 0. The average Bonchev–Trinajstić information content (AvgIpc) is 0. The van der Waals surface area contributed by atoms with Crippen LogP contribution in [0, 0.1) is 0 Å². The fraction of sp³-hybridized carbons (Fsp3) is 0. The van der Waals surface area contributed by atoms with Gasteiger partial charge in [-0.05, 0) is 0 Å². The average molecular weight is 536 g/mol. The quantitative estimate of drug-likeness (QED) is 0.214. The summed E-state index contributed by atoms with van der Waals surface area (Å²) in [4.78, 5) is 0. The summed E-state index contributed by atoms with van der Waals surface area (Å²) in [6.07, 6.45) is 0. The van der Waals surface area contributed by atoms with Crippen molar-refractivity contribution in [3.8, 4) is 0 Å². The molecule has 0 aliphatic heterocycles. The van der Waals surface area contributed by atoms with Crippen molar-refractivity contribution in [2.45, 2.75) is 0 Å². The minimum atomic E-state index is 0. The second-order valence-corrected chi connectivity index (χ2v) is 0. The van der Waals surface area contributed by atoms with Crippen LogP contribution in [-0.4, -0.2) is 11.0 Å². The van der Waals surface area contributed by atoms with Gasteiger partial charge in [0, 0.05) is 11.0 Å². The van der Waals surface area contributed by atoms with E-state index in [-0.39, 0.29) is 107 Å². The molecule has 5 heavy (non-hydrogen) atoms. The molecule has 0 aromatic carbocycles. The third kappa shape index (κ3) is 19.1. The van der Waals surface area contributed by atoms with Crippen LogP contribution in [0.2, 0.25) is 0 Å². The molecule has 0 saturated carbocycles. The van der Waals surface area contributed by atoms with E-state index in [1.165, 1.54) is 0 Å². The highest BCUT2D eigenvalue weighted by atomic mass is 127. The number of halogens is 4. The van der Waals surface area contributed by atoms with Gasteiger partial charge < -0.3 is 95.9 Å².